The molecule has 0 aliphatic heterocycles. The van der Waals surface area contributed by atoms with Crippen LogP contribution in [0.3, 0.4) is 0 Å². The van der Waals surface area contributed by atoms with Crippen LogP contribution in [0.25, 0.3) is 12.2 Å². The molecule has 152 valence electrons. The van der Waals surface area contributed by atoms with E-state index in [4.69, 9.17) is 15.2 Å². The second kappa shape index (κ2) is 11.3. The summed E-state index contributed by atoms with van der Waals surface area (Å²) in [6.45, 7) is 4.61. The Kier molecular flexibility index (Phi) is 8.51. The molecule has 0 fully saturated rings. The van der Waals surface area contributed by atoms with Crippen LogP contribution in [0, 0.1) is 0 Å². The van der Waals surface area contributed by atoms with Gasteiger partial charge in [0.05, 0.1) is 19.8 Å². The third-order valence-electron chi connectivity index (χ3n) is 4.09. The van der Waals surface area contributed by atoms with E-state index in [1.165, 1.54) is 6.33 Å². The lowest BCUT2D eigenvalue weighted by Gasteiger charge is -2.10. The average molecular weight is 393 g/mol. The zero-order valence-corrected chi connectivity index (χ0v) is 17.3. The van der Waals surface area contributed by atoms with E-state index in [1.54, 1.807) is 14.2 Å². The van der Waals surface area contributed by atoms with Gasteiger partial charge in [-0.3, -0.25) is 0 Å². The average Bonchev–Trinajstić information content (AvgIpc) is 2.79. The molecule has 3 aromatic rings. The molecule has 1 heterocycles. The molecule has 0 bridgehead atoms. The summed E-state index contributed by atoms with van der Waals surface area (Å²) in [6, 6.07) is 15.6. The maximum atomic E-state index is 6.06. The van der Waals surface area contributed by atoms with Crippen LogP contribution in [0.1, 0.15) is 30.5 Å². The summed E-state index contributed by atoms with van der Waals surface area (Å²) in [5, 5.41) is 3.32. The third kappa shape index (κ3) is 6.24. The molecule has 3 rings (SSSR count). The van der Waals surface area contributed by atoms with Crippen molar-refractivity contribution >= 4 is 23.8 Å². The van der Waals surface area contributed by atoms with Gasteiger partial charge in [0.2, 0.25) is 0 Å². The normalized spacial score (nSPS) is 10.2. The number of hydrogen-bond acceptors (Lipinski definition) is 6. The smallest absolute Gasteiger partial charge is 0.139 e. The summed E-state index contributed by atoms with van der Waals surface area (Å²) in [6.07, 6.45) is 5.33. The quantitative estimate of drug-likeness (QED) is 0.596. The first-order valence-electron chi connectivity index (χ1n) is 9.49. The Morgan fingerprint density at radius 1 is 0.862 bits per heavy atom. The summed E-state index contributed by atoms with van der Waals surface area (Å²) in [4.78, 5) is 8.43. The van der Waals surface area contributed by atoms with Crippen molar-refractivity contribution in [3.8, 4) is 11.5 Å². The van der Waals surface area contributed by atoms with Crippen molar-refractivity contribution in [2.45, 2.75) is 20.4 Å². The minimum Gasteiger partial charge on any atom is -0.497 e. The van der Waals surface area contributed by atoms with Crippen LogP contribution in [-0.4, -0.2) is 24.2 Å². The van der Waals surface area contributed by atoms with E-state index >= 15 is 0 Å². The molecule has 0 saturated heterocycles. The van der Waals surface area contributed by atoms with E-state index < -0.39 is 0 Å². The van der Waals surface area contributed by atoms with Crippen LogP contribution in [0.5, 0.6) is 11.5 Å². The van der Waals surface area contributed by atoms with Gasteiger partial charge in [-0.25, -0.2) is 9.97 Å². The molecule has 0 radical (unpaired) electrons. The number of aromatic nitrogens is 2. The van der Waals surface area contributed by atoms with Gasteiger partial charge in [0, 0.05) is 6.54 Å². The Morgan fingerprint density at radius 2 is 1.45 bits per heavy atom. The molecular formula is C23H28N4O2. The van der Waals surface area contributed by atoms with Crippen molar-refractivity contribution < 1.29 is 9.47 Å². The van der Waals surface area contributed by atoms with Crippen LogP contribution in [0.4, 0.5) is 11.6 Å². The number of benzene rings is 2. The highest BCUT2D eigenvalue weighted by Crippen LogP contribution is 2.22. The molecule has 0 amide bonds. The topological polar surface area (TPSA) is 82.3 Å². The van der Waals surface area contributed by atoms with Crippen LogP contribution in [-0.2, 0) is 6.54 Å². The van der Waals surface area contributed by atoms with E-state index in [-0.39, 0.29) is 0 Å². The van der Waals surface area contributed by atoms with Gasteiger partial charge in [0.25, 0.3) is 0 Å². The van der Waals surface area contributed by atoms with Gasteiger partial charge in [0.15, 0.2) is 0 Å². The van der Waals surface area contributed by atoms with Gasteiger partial charge in [-0.2, -0.15) is 0 Å². The number of rotatable bonds is 7. The van der Waals surface area contributed by atoms with Gasteiger partial charge in [0.1, 0.15) is 29.5 Å². The van der Waals surface area contributed by atoms with Gasteiger partial charge < -0.3 is 20.5 Å². The van der Waals surface area contributed by atoms with Crippen molar-refractivity contribution in [1.82, 2.24) is 9.97 Å². The monoisotopic (exact) mass is 392 g/mol. The summed E-state index contributed by atoms with van der Waals surface area (Å²) in [5.74, 6) is 2.75. The molecule has 0 atom stereocenters. The number of nitrogens with zero attached hydrogens (tertiary/aromatic N) is 2. The third-order valence-corrected chi connectivity index (χ3v) is 4.09. The molecule has 0 saturated carbocycles. The SMILES string of the molecule is CC.COc1ccc(/C=C/c2c(N)ncnc2NCc2ccc(OC)cc2)cc1. The molecule has 6 nitrogen and oxygen atoms in total. The van der Waals surface area contributed by atoms with Crippen LogP contribution in [0.2, 0.25) is 0 Å². The minimum atomic E-state index is 0.423. The minimum absolute atomic E-state index is 0.423. The predicted molar refractivity (Wildman–Crippen MR) is 120 cm³/mol. The fourth-order valence-electron chi connectivity index (χ4n) is 2.54. The fraction of sp³-hybridized carbons (Fsp3) is 0.217. The molecule has 29 heavy (non-hydrogen) atoms. The summed E-state index contributed by atoms with van der Waals surface area (Å²) < 4.78 is 10.4. The number of anilines is 2. The van der Waals surface area contributed by atoms with Gasteiger partial charge in [-0.15, -0.1) is 0 Å². The molecule has 2 aromatic carbocycles. The van der Waals surface area contributed by atoms with Crippen LogP contribution >= 0.6 is 0 Å². The lowest BCUT2D eigenvalue weighted by Crippen LogP contribution is -2.06. The van der Waals surface area contributed by atoms with Gasteiger partial charge in [-0.05, 0) is 41.5 Å². The number of ether oxygens (including phenoxy) is 2. The van der Waals surface area contributed by atoms with E-state index in [2.05, 4.69) is 15.3 Å². The van der Waals surface area contributed by atoms with E-state index in [9.17, 15) is 0 Å². The Labute approximate surface area is 172 Å². The molecule has 0 aliphatic rings. The van der Waals surface area contributed by atoms with E-state index in [0.29, 0.717) is 18.2 Å². The Bertz CT molecular complexity index is 907. The van der Waals surface area contributed by atoms with Gasteiger partial charge in [-0.1, -0.05) is 44.2 Å². The second-order valence-electron chi connectivity index (χ2n) is 5.83. The first kappa shape index (κ1) is 21.8. The maximum Gasteiger partial charge on any atom is 0.139 e. The summed E-state index contributed by atoms with van der Waals surface area (Å²) in [5.41, 5.74) is 8.95. The van der Waals surface area contributed by atoms with E-state index in [0.717, 1.165) is 28.2 Å². The van der Waals surface area contributed by atoms with Crippen molar-refractivity contribution in [3.63, 3.8) is 0 Å². The first-order chi connectivity index (χ1) is 14.2. The highest BCUT2D eigenvalue weighted by atomic mass is 16.5. The van der Waals surface area contributed by atoms with Crippen molar-refractivity contribution in [1.29, 1.82) is 0 Å². The molecular weight excluding hydrogens is 364 g/mol. The lowest BCUT2D eigenvalue weighted by atomic mass is 10.1. The number of nitrogens with one attached hydrogen (secondary N) is 1. The zero-order valence-electron chi connectivity index (χ0n) is 17.3. The fourth-order valence-corrected chi connectivity index (χ4v) is 2.54. The van der Waals surface area contributed by atoms with Crippen molar-refractivity contribution in [2.24, 2.45) is 0 Å². The highest BCUT2D eigenvalue weighted by molar-refractivity contribution is 5.80. The number of hydrogen-bond donors (Lipinski definition) is 2. The Morgan fingerprint density at radius 3 is 2.03 bits per heavy atom. The Balaban J connectivity index is 0.00000145. The highest BCUT2D eigenvalue weighted by Gasteiger charge is 2.06. The summed E-state index contributed by atoms with van der Waals surface area (Å²) >= 11 is 0. The Hall–Kier alpha value is -3.54. The zero-order chi connectivity index (χ0) is 21.1. The first-order valence-corrected chi connectivity index (χ1v) is 9.49. The lowest BCUT2D eigenvalue weighted by molar-refractivity contribution is 0.414. The number of nitrogens with two attached hydrogens (primary N) is 1. The summed E-state index contributed by atoms with van der Waals surface area (Å²) in [7, 11) is 3.30. The largest absolute Gasteiger partial charge is 0.497 e. The van der Waals surface area contributed by atoms with E-state index in [1.807, 2.05) is 74.5 Å². The van der Waals surface area contributed by atoms with Crippen molar-refractivity contribution in [3.05, 3.63) is 71.5 Å². The maximum absolute atomic E-state index is 6.06. The molecule has 3 N–H and O–H groups in total. The molecule has 0 unspecified atom stereocenters. The molecule has 0 aliphatic carbocycles. The molecule has 1 aromatic heterocycles. The van der Waals surface area contributed by atoms with Crippen molar-refractivity contribution in [2.75, 3.05) is 25.3 Å². The molecule has 6 heteroatoms. The number of nitrogen functional groups attached to an aromatic ring is 1. The van der Waals surface area contributed by atoms with Crippen LogP contribution < -0.4 is 20.5 Å². The predicted octanol–water partition coefficient (Wildman–Crippen LogP) is 4.88. The second-order valence-corrected chi connectivity index (χ2v) is 5.83. The standard InChI is InChI=1S/C21H22N4O2.C2H6/c1-26-17-8-3-15(4-9-17)7-12-19-20(22)24-14-25-21(19)23-13-16-5-10-18(27-2)11-6-16;1-2/h3-12,14H,13H2,1-2H3,(H3,22,23,24,25);1-2H3/b12-7+;. The molecule has 0 spiro atoms. The van der Waals surface area contributed by atoms with Gasteiger partial charge >= 0.3 is 0 Å². The number of methoxy groups -OCH3 is 2. The van der Waals surface area contributed by atoms with Crippen LogP contribution in [0.15, 0.2) is 54.9 Å².